The van der Waals surface area contributed by atoms with Gasteiger partial charge in [0.1, 0.15) is 0 Å². The first kappa shape index (κ1) is 13.6. The molecule has 98 valence electrons. The smallest absolute Gasteiger partial charge is 0.0928 e. The topological polar surface area (TPSA) is 34.3 Å². The van der Waals surface area contributed by atoms with E-state index in [-0.39, 0.29) is 6.17 Å². The van der Waals surface area contributed by atoms with Crippen LogP contribution in [0.25, 0.3) is 0 Å². The molecule has 0 bridgehead atoms. The summed E-state index contributed by atoms with van der Waals surface area (Å²) < 4.78 is 0. The van der Waals surface area contributed by atoms with E-state index < -0.39 is 0 Å². The van der Waals surface area contributed by atoms with Crippen LogP contribution in [0.3, 0.4) is 0 Å². The molecule has 1 saturated heterocycles. The average molecular weight is 244 g/mol. The van der Waals surface area contributed by atoms with Gasteiger partial charge < -0.3 is 0 Å². The largest absolute Gasteiger partial charge is 0.297 e. The second-order valence-electron chi connectivity index (χ2n) is 5.40. The van der Waals surface area contributed by atoms with Crippen LogP contribution in [0.15, 0.2) is 30.3 Å². The summed E-state index contributed by atoms with van der Waals surface area (Å²) in [5.41, 5.74) is 11.2. The minimum Gasteiger partial charge on any atom is -0.297 e. The first-order chi connectivity index (χ1) is 8.84. The van der Waals surface area contributed by atoms with Gasteiger partial charge in [0.25, 0.3) is 0 Å². The van der Waals surface area contributed by atoms with Gasteiger partial charge in [0, 0.05) is 6.04 Å². The molecule has 2 radical (unpaired) electrons. The normalized spacial score (nSPS) is 25.4. The highest BCUT2D eigenvalue weighted by molar-refractivity contribution is 5.14. The Morgan fingerprint density at radius 2 is 1.83 bits per heavy atom. The summed E-state index contributed by atoms with van der Waals surface area (Å²) in [7, 11) is 0. The first-order valence-electron chi connectivity index (χ1n) is 7.32. The van der Waals surface area contributed by atoms with E-state index in [1.165, 1.54) is 37.7 Å². The quantitative estimate of drug-likeness (QED) is 0.866. The fraction of sp³-hybridized carbons (Fsp3) is 0.625. The summed E-state index contributed by atoms with van der Waals surface area (Å²) >= 11 is 0. The van der Waals surface area contributed by atoms with Crippen LogP contribution in [0.5, 0.6) is 0 Å². The van der Waals surface area contributed by atoms with Gasteiger partial charge in [0.2, 0.25) is 0 Å². The highest BCUT2D eigenvalue weighted by atomic mass is 15.0. The van der Waals surface area contributed by atoms with E-state index in [0.29, 0.717) is 6.04 Å². The van der Waals surface area contributed by atoms with E-state index in [4.69, 9.17) is 0 Å². The minimum atomic E-state index is -0.285. The Morgan fingerprint density at radius 1 is 1.06 bits per heavy atom. The fourth-order valence-electron chi connectivity index (χ4n) is 2.77. The zero-order valence-electron chi connectivity index (χ0n) is 11.1. The molecule has 1 aliphatic heterocycles. The Labute approximate surface area is 111 Å². The fourth-order valence-corrected chi connectivity index (χ4v) is 2.77. The summed E-state index contributed by atoms with van der Waals surface area (Å²) in [6.07, 6.45) is 9.09. The maximum absolute atomic E-state index is 9.79. The Kier molecular flexibility index (Phi) is 5.69. The van der Waals surface area contributed by atoms with E-state index >= 15 is 0 Å². The van der Waals surface area contributed by atoms with Gasteiger partial charge in [-0.1, -0.05) is 49.6 Å². The van der Waals surface area contributed by atoms with Crippen LogP contribution in [0.2, 0.25) is 0 Å². The number of nitrogens with one attached hydrogen (secondary N) is 1. The summed E-state index contributed by atoms with van der Waals surface area (Å²) in [5.74, 6) is 0. The third kappa shape index (κ3) is 4.79. The Bertz CT molecular complexity index is 323. The third-order valence-electron chi connectivity index (χ3n) is 3.82. The molecular weight excluding hydrogens is 220 g/mol. The highest BCUT2D eigenvalue weighted by Gasteiger charge is 2.15. The van der Waals surface area contributed by atoms with Crippen LogP contribution in [-0.2, 0) is 6.42 Å². The Morgan fingerprint density at radius 3 is 2.67 bits per heavy atom. The number of hydrogen-bond donors (Lipinski definition) is 1. The summed E-state index contributed by atoms with van der Waals surface area (Å²) in [6.45, 7) is 0. The lowest BCUT2D eigenvalue weighted by molar-refractivity contribution is 0.327. The standard InChI is InChI=1S/C16H24N2/c17-16-13-6-2-5-11-15(18-16)12-7-10-14-8-3-1-4-9-14/h1,3-4,8-9,15-16,18H,2,5-7,10-13H2. The second kappa shape index (κ2) is 7.55. The van der Waals surface area contributed by atoms with Crippen LogP contribution in [-0.4, -0.2) is 12.2 Å². The molecule has 0 amide bonds. The van der Waals surface area contributed by atoms with Crippen molar-refractivity contribution < 1.29 is 0 Å². The van der Waals surface area contributed by atoms with Gasteiger partial charge in [-0.2, -0.15) is 0 Å². The first-order valence-corrected chi connectivity index (χ1v) is 7.32. The predicted octanol–water partition coefficient (Wildman–Crippen LogP) is 3.33. The predicted molar refractivity (Wildman–Crippen MR) is 75.3 cm³/mol. The molecule has 2 nitrogen and oxygen atoms in total. The zero-order chi connectivity index (χ0) is 12.6. The van der Waals surface area contributed by atoms with E-state index in [0.717, 1.165) is 19.3 Å². The average Bonchev–Trinajstić information content (AvgIpc) is 2.36. The van der Waals surface area contributed by atoms with Crippen molar-refractivity contribution >= 4 is 0 Å². The zero-order valence-corrected chi connectivity index (χ0v) is 11.1. The lowest BCUT2D eigenvalue weighted by atomic mass is 9.97. The molecule has 0 spiro atoms. The van der Waals surface area contributed by atoms with E-state index in [9.17, 15) is 5.73 Å². The monoisotopic (exact) mass is 244 g/mol. The van der Waals surface area contributed by atoms with Crippen molar-refractivity contribution in [3.63, 3.8) is 0 Å². The summed E-state index contributed by atoms with van der Waals surface area (Å²) in [6, 6.07) is 11.2. The molecule has 1 N–H and O–H groups in total. The molecule has 0 aliphatic carbocycles. The Hall–Kier alpha value is -0.860. The SMILES string of the molecule is [N]C1CCCCCC(CCCc2ccccc2)N1. The molecule has 0 saturated carbocycles. The van der Waals surface area contributed by atoms with Crippen molar-refractivity contribution in [1.82, 2.24) is 11.1 Å². The summed E-state index contributed by atoms with van der Waals surface area (Å²) in [4.78, 5) is 0. The van der Waals surface area contributed by atoms with Crippen LogP contribution in [0, 0.1) is 0 Å². The van der Waals surface area contributed by atoms with Gasteiger partial charge in [0.15, 0.2) is 0 Å². The number of hydrogen-bond acceptors (Lipinski definition) is 1. The number of aryl methyl sites for hydroxylation is 1. The van der Waals surface area contributed by atoms with Gasteiger partial charge in [-0.15, -0.1) is 5.73 Å². The molecule has 0 aromatic heterocycles. The number of benzene rings is 1. The van der Waals surface area contributed by atoms with Crippen molar-refractivity contribution in [3.05, 3.63) is 35.9 Å². The molecule has 2 rings (SSSR count). The molecule has 2 atom stereocenters. The van der Waals surface area contributed by atoms with Crippen molar-refractivity contribution in [3.8, 4) is 0 Å². The molecule has 1 heterocycles. The molecule has 1 aromatic carbocycles. The van der Waals surface area contributed by atoms with Crippen LogP contribution in [0.4, 0.5) is 0 Å². The van der Waals surface area contributed by atoms with E-state index in [1.54, 1.807) is 0 Å². The lowest BCUT2D eigenvalue weighted by Gasteiger charge is -2.24. The van der Waals surface area contributed by atoms with Crippen LogP contribution >= 0.6 is 0 Å². The minimum absolute atomic E-state index is 0.285. The van der Waals surface area contributed by atoms with Crippen LogP contribution in [0.1, 0.15) is 50.5 Å². The van der Waals surface area contributed by atoms with Gasteiger partial charge in [-0.3, -0.25) is 5.32 Å². The third-order valence-corrected chi connectivity index (χ3v) is 3.82. The molecule has 1 fully saturated rings. The highest BCUT2D eigenvalue weighted by Crippen LogP contribution is 2.16. The van der Waals surface area contributed by atoms with Gasteiger partial charge in [-0.25, -0.2) is 0 Å². The Balaban J connectivity index is 1.71. The van der Waals surface area contributed by atoms with Crippen molar-refractivity contribution in [2.75, 3.05) is 0 Å². The van der Waals surface area contributed by atoms with Gasteiger partial charge >= 0.3 is 0 Å². The molecule has 2 unspecified atom stereocenters. The number of nitrogens with zero attached hydrogens (tertiary/aromatic N) is 1. The molecule has 18 heavy (non-hydrogen) atoms. The van der Waals surface area contributed by atoms with Crippen molar-refractivity contribution in [2.24, 2.45) is 0 Å². The second-order valence-corrected chi connectivity index (χ2v) is 5.40. The maximum atomic E-state index is 9.79. The van der Waals surface area contributed by atoms with E-state index in [2.05, 4.69) is 35.6 Å². The maximum Gasteiger partial charge on any atom is 0.0928 e. The van der Waals surface area contributed by atoms with Crippen molar-refractivity contribution in [1.29, 1.82) is 0 Å². The van der Waals surface area contributed by atoms with Crippen molar-refractivity contribution in [2.45, 2.75) is 63.6 Å². The molecule has 1 aromatic rings. The van der Waals surface area contributed by atoms with E-state index in [1.807, 2.05) is 0 Å². The van der Waals surface area contributed by atoms with Gasteiger partial charge in [0.05, 0.1) is 6.17 Å². The number of rotatable bonds is 4. The van der Waals surface area contributed by atoms with Gasteiger partial charge in [-0.05, 0) is 37.7 Å². The molecule has 1 aliphatic rings. The molecular formula is C16H24N2. The molecule has 2 heteroatoms. The lowest BCUT2D eigenvalue weighted by Crippen LogP contribution is -2.40. The summed E-state index contributed by atoms with van der Waals surface area (Å²) in [5, 5.41) is 3.36. The van der Waals surface area contributed by atoms with Crippen LogP contribution < -0.4 is 11.1 Å².